The van der Waals surface area contributed by atoms with Gasteiger partial charge in [0, 0.05) is 12.3 Å². The van der Waals surface area contributed by atoms with Crippen LogP contribution in [0.1, 0.15) is 47.8 Å². The number of nitrogens with two attached hydrogens (primary N) is 1. The topological polar surface area (TPSA) is 152 Å². The van der Waals surface area contributed by atoms with E-state index in [1.54, 1.807) is 0 Å². The molecule has 1 saturated heterocycles. The molecule has 0 radical (unpaired) electrons. The summed E-state index contributed by atoms with van der Waals surface area (Å²) in [5.74, 6) is 0. The predicted octanol–water partition coefficient (Wildman–Crippen LogP) is 2.75. The molecule has 1 aromatic rings. The lowest BCUT2D eigenvalue weighted by Crippen LogP contribution is -2.59. The fourth-order valence-corrected chi connectivity index (χ4v) is 7.35. The van der Waals surface area contributed by atoms with Crippen molar-refractivity contribution in [3.05, 3.63) is 44.2 Å². The van der Waals surface area contributed by atoms with Gasteiger partial charge in [-0.25, -0.2) is 8.98 Å². The molecule has 37 heavy (non-hydrogen) atoms. The molecule has 0 amide bonds. The van der Waals surface area contributed by atoms with E-state index in [-0.39, 0.29) is 22.4 Å². The molecule has 3 heterocycles. The maximum Gasteiger partial charge on any atom is 0.330 e. The minimum atomic E-state index is -4.17. The second-order valence-corrected chi connectivity index (χ2v) is 23.8. The molecule has 1 fully saturated rings. The summed E-state index contributed by atoms with van der Waals surface area (Å²) in [6, 6.07) is 1.19. The van der Waals surface area contributed by atoms with Crippen LogP contribution in [-0.4, -0.2) is 59.0 Å². The third-order valence-corrected chi connectivity index (χ3v) is 18.2. The zero-order chi connectivity index (χ0) is 28.4. The van der Waals surface area contributed by atoms with Gasteiger partial charge in [-0.15, -0.1) is 0 Å². The average molecular weight is 576 g/mol. The highest BCUT2D eigenvalue weighted by Gasteiger charge is 2.67. The molecule has 0 aliphatic carbocycles. The Morgan fingerprint density at radius 1 is 1.08 bits per heavy atom. The fraction of sp³-hybridized carbons (Fsp3) is 0.739. The zero-order valence-electron chi connectivity index (χ0n) is 23.4. The molecule has 4 atom stereocenters. The van der Waals surface area contributed by atoms with Gasteiger partial charge in [0.25, 0.3) is 15.7 Å². The van der Waals surface area contributed by atoms with Gasteiger partial charge in [0.2, 0.25) is 0 Å². The number of nitrogens with one attached hydrogen (secondary N) is 1. The Kier molecular flexibility index (Phi) is 7.52. The van der Waals surface area contributed by atoms with Gasteiger partial charge in [0.05, 0.1) is 17.7 Å². The molecule has 1 spiro atoms. The summed E-state index contributed by atoms with van der Waals surface area (Å²) in [6.45, 7) is 20.4. The van der Waals surface area contributed by atoms with Crippen LogP contribution >= 0.6 is 0 Å². The van der Waals surface area contributed by atoms with Crippen LogP contribution in [0, 0.1) is 0 Å². The van der Waals surface area contributed by atoms with Gasteiger partial charge in [0.1, 0.15) is 12.2 Å². The van der Waals surface area contributed by atoms with Crippen LogP contribution in [0.4, 0.5) is 0 Å². The van der Waals surface area contributed by atoms with Gasteiger partial charge in [-0.2, -0.15) is 8.42 Å². The first-order chi connectivity index (χ1) is 16.5. The van der Waals surface area contributed by atoms with Gasteiger partial charge in [-0.1, -0.05) is 41.5 Å². The zero-order valence-corrected chi connectivity index (χ0v) is 26.2. The first kappa shape index (κ1) is 30.0. The van der Waals surface area contributed by atoms with Crippen molar-refractivity contribution in [3.63, 3.8) is 0 Å². The minimum Gasteiger partial charge on any atom is -0.414 e. The minimum absolute atomic E-state index is 0.0352. The maximum absolute atomic E-state index is 12.9. The molecule has 3 N–H and O–H groups in total. The standard InChI is InChI=1S/C23H41N3O8SSi2/c1-21(2,3)36(7,8)31-13-16-23(15(24)14-35(29,30)34-23)18(33-37(9,10)22(4,5)6)19(32-16)26-12-11-17(27)25-20(26)28/h11-12,14,16,18-19H,13,24H2,1-10H3,(H,25,27,28)/t16?,18-,19+,23?/m0/s1. The highest BCUT2D eigenvalue weighted by molar-refractivity contribution is 7.90. The normalized spacial score (nSPS) is 28.6. The first-order valence-corrected chi connectivity index (χ1v) is 19.5. The Hall–Kier alpha value is -1.56. The number of aromatic amines is 1. The summed E-state index contributed by atoms with van der Waals surface area (Å²) < 4.78 is 52.0. The van der Waals surface area contributed by atoms with Crippen LogP contribution in [0.25, 0.3) is 0 Å². The number of aromatic nitrogens is 2. The Morgan fingerprint density at radius 3 is 2.11 bits per heavy atom. The monoisotopic (exact) mass is 575 g/mol. The van der Waals surface area contributed by atoms with Crippen molar-refractivity contribution in [1.29, 1.82) is 0 Å². The molecule has 14 heteroatoms. The van der Waals surface area contributed by atoms with Gasteiger partial charge in [-0.3, -0.25) is 14.3 Å². The SMILES string of the molecule is CC(C)(C)[Si](C)(C)OCC1O[C@@H](n2ccc(=O)[nH]c2=O)[C@H](O[Si](C)(C)C(C)(C)C)C12OS(=O)(=O)C=C2N. The van der Waals surface area contributed by atoms with E-state index < -0.39 is 62.0 Å². The summed E-state index contributed by atoms with van der Waals surface area (Å²) in [7, 11) is -9.10. The van der Waals surface area contributed by atoms with Crippen molar-refractivity contribution in [2.45, 2.75) is 102 Å². The summed E-state index contributed by atoms with van der Waals surface area (Å²) in [5, 5.41) is 0.463. The molecular formula is C23H41N3O8SSi2. The average Bonchev–Trinajstić information content (AvgIpc) is 3.11. The molecule has 2 aliphatic heterocycles. The maximum atomic E-state index is 12.9. The lowest BCUT2D eigenvalue weighted by molar-refractivity contribution is -0.0562. The number of nitrogens with zero attached hydrogens (tertiary/aromatic N) is 1. The van der Waals surface area contributed by atoms with Gasteiger partial charge in [0.15, 0.2) is 28.5 Å². The quantitative estimate of drug-likeness (QED) is 0.385. The molecule has 2 unspecified atom stereocenters. The van der Waals surface area contributed by atoms with Crippen LogP contribution in [0.3, 0.4) is 0 Å². The summed E-state index contributed by atoms with van der Waals surface area (Å²) in [6.07, 6.45) is -2.00. The Labute approximate surface area is 220 Å². The highest BCUT2D eigenvalue weighted by atomic mass is 32.2. The number of hydrogen-bond donors (Lipinski definition) is 2. The summed E-state index contributed by atoms with van der Waals surface area (Å²) in [4.78, 5) is 26.9. The number of H-pyrrole nitrogens is 1. The molecular weight excluding hydrogens is 535 g/mol. The van der Waals surface area contributed by atoms with Crippen LogP contribution in [-0.2, 0) is 27.9 Å². The molecule has 11 nitrogen and oxygen atoms in total. The van der Waals surface area contributed by atoms with E-state index in [1.165, 1.54) is 16.8 Å². The number of rotatable bonds is 6. The largest absolute Gasteiger partial charge is 0.414 e. The smallest absolute Gasteiger partial charge is 0.330 e. The lowest BCUT2D eigenvalue weighted by Gasteiger charge is -2.43. The van der Waals surface area contributed by atoms with Crippen molar-refractivity contribution in [1.82, 2.24) is 9.55 Å². The third-order valence-electron chi connectivity index (χ3n) is 8.20. The third kappa shape index (κ3) is 5.47. The fourth-order valence-electron chi connectivity index (χ4n) is 3.84. The summed E-state index contributed by atoms with van der Waals surface area (Å²) >= 11 is 0. The molecule has 210 valence electrons. The molecule has 1 aromatic heterocycles. The van der Waals surface area contributed by atoms with Crippen LogP contribution in [0.15, 0.2) is 33.0 Å². The van der Waals surface area contributed by atoms with Crippen molar-refractivity contribution in [2.75, 3.05) is 6.61 Å². The second-order valence-electron chi connectivity index (χ2n) is 12.8. The molecule has 0 bridgehead atoms. The van der Waals surface area contributed by atoms with Crippen LogP contribution in [0.2, 0.25) is 36.3 Å². The van der Waals surface area contributed by atoms with Crippen molar-refractivity contribution in [2.24, 2.45) is 5.73 Å². The van der Waals surface area contributed by atoms with Crippen LogP contribution < -0.4 is 17.0 Å². The summed E-state index contributed by atoms with van der Waals surface area (Å²) in [5.41, 5.74) is 3.25. The number of ether oxygens (including phenoxy) is 1. The number of hydrogen-bond acceptors (Lipinski definition) is 9. The van der Waals surface area contributed by atoms with E-state index in [9.17, 15) is 18.0 Å². The van der Waals surface area contributed by atoms with Gasteiger partial charge < -0.3 is 19.3 Å². The Balaban J connectivity index is 2.21. The van der Waals surface area contributed by atoms with Crippen molar-refractivity contribution < 1.29 is 26.2 Å². The highest BCUT2D eigenvalue weighted by Crippen LogP contribution is 2.52. The van der Waals surface area contributed by atoms with Crippen molar-refractivity contribution >= 4 is 26.8 Å². The van der Waals surface area contributed by atoms with Crippen molar-refractivity contribution in [3.8, 4) is 0 Å². The van der Waals surface area contributed by atoms with E-state index in [0.29, 0.717) is 0 Å². The Bertz CT molecular complexity index is 1290. The molecule has 0 saturated carbocycles. The molecule has 3 rings (SSSR count). The Morgan fingerprint density at radius 2 is 1.65 bits per heavy atom. The van der Waals surface area contributed by atoms with Gasteiger partial charge >= 0.3 is 5.69 Å². The molecule has 2 aliphatic rings. The van der Waals surface area contributed by atoms with E-state index in [0.717, 1.165) is 5.41 Å². The second kappa shape index (κ2) is 9.28. The first-order valence-electron chi connectivity index (χ1n) is 12.3. The van der Waals surface area contributed by atoms with E-state index >= 15 is 0 Å². The molecule has 0 aromatic carbocycles. The predicted molar refractivity (Wildman–Crippen MR) is 145 cm³/mol. The van der Waals surface area contributed by atoms with E-state index in [4.69, 9.17) is 23.5 Å². The van der Waals surface area contributed by atoms with Crippen LogP contribution in [0.5, 0.6) is 0 Å². The van der Waals surface area contributed by atoms with E-state index in [2.05, 4.69) is 38.8 Å². The van der Waals surface area contributed by atoms with E-state index in [1.807, 2.05) is 33.9 Å². The lowest BCUT2D eigenvalue weighted by atomic mass is 9.89. The van der Waals surface area contributed by atoms with Gasteiger partial charge in [-0.05, 0) is 36.3 Å².